The molecular weight excluding hydrogens is 403 g/mol. The minimum absolute atomic E-state index is 0.251. The quantitative estimate of drug-likeness (QED) is 0.497. The number of rotatable bonds is 8. The third-order valence-corrected chi connectivity index (χ3v) is 4.36. The van der Waals surface area contributed by atoms with Crippen molar-refractivity contribution in [3.05, 3.63) is 65.5 Å². The monoisotopic (exact) mass is 428 g/mol. The summed E-state index contributed by atoms with van der Waals surface area (Å²) in [7, 11) is 1.56. The SMILES string of the molecule is COc1ccc(/C=C/C(=O)N[C@@H](C)C(=O)OC(C)C(=O)Nc2ccc(C)c(F)c2)cc1. The molecule has 2 aromatic carbocycles. The summed E-state index contributed by atoms with van der Waals surface area (Å²) >= 11 is 0. The minimum atomic E-state index is -1.13. The van der Waals surface area contributed by atoms with Gasteiger partial charge in [0.1, 0.15) is 17.6 Å². The van der Waals surface area contributed by atoms with Crippen LogP contribution in [0.15, 0.2) is 48.5 Å². The van der Waals surface area contributed by atoms with E-state index < -0.39 is 35.7 Å². The molecule has 8 heteroatoms. The lowest BCUT2D eigenvalue weighted by molar-refractivity contribution is -0.155. The summed E-state index contributed by atoms with van der Waals surface area (Å²) in [5, 5.41) is 4.95. The van der Waals surface area contributed by atoms with Crippen LogP contribution in [0.3, 0.4) is 0 Å². The van der Waals surface area contributed by atoms with Crippen LogP contribution in [-0.4, -0.2) is 37.0 Å². The number of carbonyl (C=O) groups excluding carboxylic acids is 3. The Morgan fingerprint density at radius 2 is 1.74 bits per heavy atom. The Morgan fingerprint density at radius 1 is 1.06 bits per heavy atom. The summed E-state index contributed by atoms with van der Waals surface area (Å²) < 4.78 is 23.7. The largest absolute Gasteiger partial charge is 0.497 e. The predicted molar refractivity (Wildman–Crippen MR) is 115 cm³/mol. The summed E-state index contributed by atoms with van der Waals surface area (Å²) in [6.45, 7) is 4.44. The molecular formula is C23H25FN2O5. The van der Waals surface area contributed by atoms with Gasteiger partial charge < -0.3 is 20.1 Å². The highest BCUT2D eigenvalue weighted by atomic mass is 19.1. The average Bonchev–Trinajstić information content (AvgIpc) is 2.75. The van der Waals surface area contributed by atoms with Crippen molar-refractivity contribution in [2.24, 2.45) is 0 Å². The maximum absolute atomic E-state index is 13.6. The first-order valence-electron chi connectivity index (χ1n) is 9.59. The van der Waals surface area contributed by atoms with Gasteiger partial charge in [-0.3, -0.25) is 9.59 Å². The number of anilines is 1. The van der Waals surface area contributed by atoms with Crippen LogP contribution in [0.5, 0.6) is 5.75 Å². The third-order valence-electron chi connectivity index (χ3n) is 4.36. The van der Waals surface area contributed by atoms with Gasteiger partial charge in [-0.25, -0.2) is 9.18 Å². The number of halogens is 1. The first-order valence-corrected chi connectivity index (χ1v) is 9.59. The summed E-state index contributed by atoms with van der Waals surface area (Å²) in [6.07, 6.45) is 1.74. The van der Waals surface area contributed by atoms with Crippen molar-refractivity contribution in [3.8, 4) is 5.75 Å². The Balaban J connectivity index is 1.84. The highest BCUT2D eigenvalue weighted by Crippen LogP contribution is 2.14. The topological polar surface area (TPSA) is 93.7 Å². The second-order valence-electron chi connectivity index (χ2n) is 6.87. The average molecular weight is 428 g/mol. The summed E-state index contributed by atoms with van der Waals surface area (Å²) in [4.78, 5) is 36.4. The van der Waals surface area contributed by atoms with Crippen LogP contribution < -0.4 is 15.4 Å². The van der Waals surface area contributed by atoms with E-state index in [1.807, 2.05) is 0 Å². The fourth-order valence-corrected chi connectivity index (χ4v) is 2.45. The molecule has 0 aliphatic heterocycles. The zero-order valence-electron chi connectivity index (χ0n) is 17.8. The van der Waals surface area contributed by atoms with E-state index in [4.69, 9.17) is 9.47 Å². The van der Waals surface area contributed by atoms with Crippen molar-refractivity contribution in [1.82, 2.24) is 5.32 Å². The van der Waals surface area contributed by atoms with Crippen LogP contribution in [0.1, 0.15) is 25.0 Å². The Labute approximate surface area is 180 Å². The zero-order chi connectivity index (χ0) is 23.0. The fourth-order valence-electron chi connectivity index (χ4n) is 2.45. The van der Waals surface area contributed by atoms with Crippen LogP contribution in [0.4, 0.5) is 10.1 Å². The summed E-state index contributed by atoms with van der Waals surface area (Å²) in [5.74, 6) is -1.64. The van der Waals surface area contributed by atoms with Crippen molar-refractivity contribution >= 4 is 29.5 Å². The number of esters is 1. The Bertz CT molecular complexity index is 972. The van der Waals surface area contributed by atoms with Crippen molar-refractivity contribution in [3.63, 3.8) is 0 Å². The molecule has 31 heavy (non-hydrogen) atoms. The second kappa shape index (κ2) is 10.9. The Morgan fingerprint density at radius 3 is 2.35 bits per heavy atom. The van der Waals surface area contributed by atoms with Crippen molar-refractivity contribution < 1.29 is 28.2 Å². The van der Waals surface area contributed by atoms with Gasteiger partial charge in [-0.05, 0) is 62.2 Å². The molecule has 0 saturated carbocycles. The van der Waals surface area contributed by atoms with Gasteiger partial charge in [0.2, 0.25) is 5.91 Å². The molecule has 2 aromatic rings. The van der Waals surface area contributed by atoms with Crippen LogP contribution in [-0.2, 0) is 19.1 Å². The number of amides is 2. The van der Waals surface area contributed by atoms with Crippen molar-refractivity contribution in [2.45, 2.75) is 32.9 Å². The lowest BCUT2D eigenvalue weighted by Crippen LogP contribution is -2.41. The molecule has 2 N–H and O–H groups in total. The van der Waals surface area contributed by atoms with Gasteiger partial charge in [-0.15, -0.1) is 0 Å². The standard InChI is InChI=1S/C23H25FN2O5/c1-14-5-9-18(13-20(14)24)26-22(28)16(3)31-23(29)15(2)25-21(27)12-8-17-6-10-19(30-4)11-7-17/h5-13,15-16H,1-4H3,(H,25,27)(H,26,28)/b12-8+/t15-,16?/m0/s1. The summed E-state index contributed by atoms with van der Waals surface area (Å²) in [6, 6.07) is 10.4. The molecule has 0 bridgehead atoms. The lowest BCUT2D eigenvalue weighted by Gasteiger charge is -2.17. The molecule has 0 fully saturated rings. The number of methoxy groups -OCH3 is 1. The fraction of sp³-hybridized carbons (Fsp3) is 0.261. The highest BCUT2D eigenvalue weighted by molar-refractivity contribution is 5.97. The highest BCUT2D eigenvalue weighted by Gasteiger charge is 2.23. The van der Waals surface area contributed by atoms with Gasteiger partial charge >= 0.3 is 5.97 Å². The second-order valence-corrected chi connectivity index (χ2v) is 6.87. The lowest BCUT2D eigenvalue weighted by atomic mass is 10.2. The molecule has 0 spiro atoms. The predicted octanol–water partition coefficient (Wildman–Crippen LogP) is 3.23. The van der Waals surface area contributed by atoms with E-state index in [2.05, 4.69) is 10.6 Å². The van der Waals surface area contributed by atoms with E-state index in [1.54, 1.807) is 50.4 Å². The van der Waals surface area contributed by atoms with E-state index >= 15 is 0 Å². The molecule has 2 amide bonds. The molecule has 0 aliphatic carbocycles. The molecule has 0 radical (unpaired) electrons. The first kappa shape index (κ1) is 23.6. The molecule has 164 valence electrons. The molecule has 0 heterocycles. The number of hydrogen-bond acceptors (Lipinski definition) is 5. The molecule has 0 aliphatic rings. The molecule has 1 unspecified atom stereocenters. The first-order chi connectivity index (χ1) is 14.7. The molecule has 7 nitrogen and oxygen atoms in total. The van der Waals surface area contributed by atoms with E-state index in [0.29, 0.717) is 11.3 Å². The number of carbonyl (C=O) groups is 3. The van der Waals surface area contributed by atoms with Crippen molar-refractivity contribution in [1.29, 1.82) is 0 Å². The molecule has 0 saturated heterocycles. The number of benzene rings is 2. The normalized spacial score (nSPS) is 12.7. The summed E-state index contributed by atoms with van der Waals surface area (Å²) in [5.41, 5.74) is 1.48. The molecule has 0 aromatic heterocycles. The zero-order valence-corrected chi connectivity index (χ0v) is 17.8. The molecule has 2 atom stereocenters. The number of nitrogens with one attached hydrogen (secondary N) is 2. The van der Waals surface area contributed by atoms with Gasteiger partial charge in [-0.2, -0.15) is 0 Å². The van der Waals surface area contributed by atoms with Gasteiger partial charge in [0.15, 0.2) is 6.10 Å². The van der Waals surface area contributed by atoms with Gasteiger partial charge in [0, 0.05) is 11.8 Å². The molecule has 2 rings (SSSR count). The maximum atomic E-state index is 13.6. The van der Waals surface area contributed by atoms with E-state index in [9.17, 15) is 18.8 Å². The van der Waals surface area contributed by atoms with Crippen LogP contribution in [0, 0.1) is 12.7 Å². The number of hydrogen-bond donors (Lipinski definition) is 2. The smallest absolute Gasteiger partial charge is 0.329 e. The van der Waals surface area contributed by atoms with Gasteiger partial charge in [0.25, 0.3) is 5.91 Å². The Hall–Kier alpha value is -3.68. The minimum Gasteiger partial charge on any atom is -0.497 e. The Kier molecular flexibility index (Phi) is 8.31. The van der Waals surface area contributed by atoms with Crippen LogP contribution in [0.2, 0.25) is 0 Å². The maximum Gasteiger partial charge on any atom is 0.329 e. The van der Waals surface area contributed by atoms with Crippen LogP contribution >= 0.6 is 0 Å². The van der Waals surface area contributed by atoms with Gasteiger partial charge in [0.05, 0.1) is 7.11 Å². The van der Waals surface area contributed by atoms with Crippen molar-refractivity contribution in [2.75, 3.05) is 12.4 Å². The third kappa shape index (κ3) is 7.26. The van der Waals surface area contributed by atoms with Crippen LogP contribution in [0.25, 0.3) is 6.08 Å². The number of aryl methyl sites for hydroxylation is 1. The van der Waals surface area contributed by atoms with Gasteiger partial charge in [-0.1, -0.05) is 18.2 Å². The van der Waals surface area contributed by atoms with E-state index in [-0.39, 0.29) is 5.69 Å². The van der Waals surface area contributed by atoms with E-state index in [1.165, 1.54) is 32.1 Å². The number of ether oxygens (including phenoxy) is 2. The van der Waals surface area contributed by atoms with E-state index in [0.717, 1.165) is 5.56 Å².